The topological polar surface area (TPSA) is 66.5 Å². The molecule has 1 atom stereocenters. The molecule has 1 N–H and O–H groups in total. The molecule has 3 rings (SSSR count). The van der Waals surface area contributed by atoms with E-state index in [1.54, 1.807) is 18.2 Å². The monoisotopic (exact) mass is 280 g/mol. The Labute approximate surface area is 112 Å². The van der Waals surface area contributed by atoms with Crippen molar-refractivity contribution in [3.8, 4) is 0 Å². The normalized spacial score (nSPS) is 23.4. The highest BCUT2D eigenvalue weighted by atomic mass is 32.2. The van der Waals surface area contributed by atoms with Crippen LogP contribution >= 0.6 is 0 Å². The molecule has 102 valence electrons. The molecule has 1 unspecified atom stereocenters. The lowest BCUT2D eigenvalue weighted by Crippen LogP contribution is -2.28. The van der Waals surface area contributed by atoms with Crippen molar-refractivity contribution in [3.63, 3.8) is 0 Å². The highest BCUT2D eigenvalue weighted by Crippen LogP contribution is 2.29. The first-order valence-corrected chi connectivity index (χ1v) is 7.84. The fourth-order valence-electron chi connectivity index (χ4n) is 2.63. The molecule has 1 aromatic rings. The summed E-state index contributed by atoms with van der Waals surface area (Å²) in [7, 11) is -3.42. The minimum absolute atomic E-state index is 0.0839. The molecular weight excluding hydrogens is 264 g/mol. The van der Waals surface area contributed by atoms with Crippen LogP contribution in [0.25, 0.3) is 0 Å². The van der Waals surface area contributed by atoms with E-state index in [-0.39, 0.29) is 17.2 Å². The van der Waals surface area contributed by atoms with E-state index in [2.05, 4.69) is 12.2 Å². The maximum absolute atomic E-state index is 12.5. The molecule has 0 aromatic heterocycles. The van der Waals surface area contributed by atoms with E-state index < -0.39 is 10.0 Å². The second-order valence-corrected chi connectivity index (χ2v) is 7.24. The summed E-state index contributed by atoms with van der Waals surface area (Å²) in [6, 6.07) is 4.86. The van der Waals surface area contributed by atoms with Gasteiger partial charge in [-0.15, -0.1) is 0 Å². The minimum atomic E-state index is -3.42. The van der Waals surface area contributed by atoms with Crippen LogP contribution in [0, 0.1) is 5.92 Å². The maximum atomic E-state index is 12.5. The molecule has 19 heavy (non-hydrogen) atoms. The molecule has 0 radical (unpaired) electrons. The number of carbonyl (C=O) groups is 1. The first-order valence-electron chi connectivity index (χ1n) is 6.40. The second kappa shape index (κ2) is 4.31. The van der Waals surface area contributed by atoms with Crippen molar-refractivity contribution in [2.75, 3.05) is 18.4 Å². The number of amides is 1. The predicted octanol–water partition coefficient (Wildman–Crippen LogP) is 1.21. The second-order valence-electron chi connectivity index (χ2n) is 5.30. The van der Waals surface area contributed by atoms with E-state index in [4.69, 9.17) is 0 Å². The molecule has 0 saturated carbocycles. The van der Waals surface area contributed by atoms with Gasteiger partial charge in [0.2, 0.25) is 15.9 Å². The van der Waals surface area contributed by atoms with E-state index in [1.165, 1.54) is 4.31 Å². The molecule has 0 aliphatic carbocycles. The Bertz CT molecular complexity index is 639. The van der Waals surface area contributed by atoms with Gasteiger partial charge < -0.3 is 5.32 Å². The lowest BCUT2D eigenvalue weighted by Gasteiger charge is -2.16. The smallest absolute Gasteiger partial charge is 0.243 e. The van der Waals surface area contributed by atoms with Gasteiger partial charge in [-0.25, -0.2) is 8.42 Å². The summed E-state index contributed by atoms with van der Waals surface area (Å²) in [6.45, 7) is 3.22. The molecule has 5 nitrogen and oxygen atoms in total. The minimum Gasteiger partial charge on any atom is -0.326 e. The Kier molecular flexibility index (Phi) is 2.87. The van der Waals surface area contributed by atoms with Gasteiger partial charge in [0.15, 0.2) is 0 Å². The molecule has 2 aliphatic heterocycles. The summed E-state index contributed by atoms with van der Waals surface area (Å²) in [6.07, 6.45) is 1.17. The lowest BCUT2D eigenvalue weighted by molar-refractivity contribution is -0.115. The van der Waals surface area contributed by atoms with Crippen molar-refractivity contribution < 1.29 is 13.2 Å². The van der Waals surface area contributed by atoms with Crippen LogP contribution in [-0.2, 0) is 21.2 Å². The third-order valence-electron chi connectivity index (χ3n) is 3.73. The van der Waals surface area contributed by atoms with Gasteiger partial charge in [-0.05, 0) is 36.1 Å². The van der Waals surface area contributed by atoms with Crippen molar-refractivity contribution in [2.24, 2.45) is 5.92 Å². The van der Waals surface area contributed by atoms with Crippen LogP contribution in [0.15, 0.2) is 23.1 Å². The Morgan fingerprint density at radius 2 is 2.16 bits per heavy atom. The van der Waals surface area contributed by atoms with E-state index in [0.717, 1.165) is 17.7 Å². The molecule has 2 aliphatic rings. The zero-order valence-electron chi connectivity index (χ0n) is 10.7. The van der Waals surface area contributed by atoms with Crippen LogP contribution in [0.3, 0.4) is 0 Å². The fourth-order valence-corrected chi connectivity index (χ4v) is 4.25. The van der Waals surface area contributed by atoms with Crippen LogP contribution in [0.2, 0.25) is 0 Å². The van der Waals surface area contributed by atoms with Crippen LogP contribution < -0.4 is 5.32 Å². The SMILES string of the molecule is CC1CCN(S(=O)(=O)c2ccc3c(c2)CC(=O)N3)C1. The Morgan fingerprint density at radius 3 is 2.84 bits per heavy atom. The standard InChI is InChI=1S/C13H16N2O3S/c1-9-4-5-15(8-9)19(17,18)11-2-3-12-10(6-11)7-13(16)14-12/h2-3,6,9H,4-5,7-8H2,1H3,(H,14,16). The van der Waals surface area contributed by atoms with Gasteiger partial charge in [-0.2, -0.15) is 4.31 Å². The number of rotatable bonds is 2. The van der Waals surface area contributed by atoms with E-state index in [1.807, 2.05) is 0 Å². The van der Waals surface area contributed by atoms with Crippen molar-refractivity contribution in [3.05, 3.63) is 23.8 Å². The first-order chi connectivity index (χ1) is 8.96. The van der Waals surface area contributed by atoms with Gasteiger partial charge in [-0.3, -0.25) is 4.79 Å². The zero-order valence-corrected chi connectivity index (χ0v) is 11.5. The summed E-state index contributed by atoms with van der Waals surface area (Å²) in [4.78, 5) is 11.6. The molecule has 2 heterocycles. The van der Waals surface area contributed by atoms with Gasteiger partial charge in [0.25, 0.3) is 0 Å². The summed E-state index contributed by atoms with van der Waals surface area (Å²) in [5.74, 6) is 0.326. The summed E-state index contributed by atoms with van der Waals surface area (Å²) in [5, 5.41) is 2.71. The number of carbonyl (C=O) groups excluding carboxylic acids is 1. The van der Waals surface area contributed by atoms with Crippen molar-refractivity contribution >= 4 is 21.6 Å². The van der Waals surface area contributed by atoms with Gasteiger partial charge in [-0.1, -0.05) is 6.92 Å². The molecular formula is C13H16N2O3S. The quantitative estimate of drug-likeness (QED) is 0.885. The van der Waals surface area contributed by atoms with Crippen molar-refractivity contribution in [1.82, 2.24) is 4.31 Å². The number of sulfonamides is 1. The average Bonchev–Trinajstić information content (AvgIpc) is 2.93. The van der Waals surface area contributed by atoms with Gasteiger partial charge in [0.05, 0.1) is 11.3 Å². The number of nitrogens with one attached hydrogen (secondary N) is 1. The Balaban J connectivity index is 1.94. The van der Waals surface area contributed by atoms with Crippen molar-refractivity contribution in [1.29, 1.82) is 0 Å². The highest BCUT2D eigenvalue weighted by molar-refractivity contribution is 7.89. The van der Waals surface area contributed by atoms with Crippen LogP contribution in [-0.4, -0.2) is 31.7 Å². The van der Waals surface area contributed by atoms with Gasteiger partial charge in [0.1, 0.15) is 0 Å². The lowest BCUT2D eigenvalue weighted by atomic mass is 10.2. The maximum Gasteiger partial charge on any atom is 0.243 e. The summed E-state index contributed by atoms with van der Waals surface area (Å²) < 4.78 is 26.5. The number of fused-ring (bicyclic) bond motifs is 1. The molecule has 1 fully saturated rings. The average molecular weight is 280 g/mol. The third-order valence-corrected chi connectivity index (χ3v) is 5.59. The number of nitrogens with zero attached hydrogens (tertiary/aromatic N) is 1. The molecule has 1 amide bonds. The number of benzene rings is 1. The molecule has 1 aromatic carbocycles. The molecule has 6 heteroatoms. The van der Waals surface area contributed by atoms with Crippen LogP contribution in [0.4, 0.5) is 5.69 Å². The first kappa shape index (κ1) is 12.6. The van der Waals surface area contributed by atoms with E-state index in [9.17, 15) is 13.2 Å². The third kappa shape index (κ3) is 2.15. The Hall–Kier alpha value is -1.40. The number of hydrogen-bond donors (Lipinski definition) is 1. The van der Waals surface area contributed by atoms with Crippen molar-refractivity contribution in [2.45, 2.75) is 24.7 Å². The fraction of sp³-hybridized carbons (Fsp3) is 0.462. The van der Waals surface area contributed by atoms with Gasteiger partial charge in [0, 0.05) is 18.8 Å². The van der Waals surface area contributed by atoms with Crippen LogP contribution in [0.5, 0.6) is 0 Å². The largest absolute Gasteiger partial charge is 0.326 e. The summed E-state index contributed by atoms with van der Waals surface area (Å²) in [5.41, 5.74) is 1.48. The molecule has 0 spiro atoms. The number of hydrogen-bond acceptors (Lipinski definition) is 3. The molecule has 0 bridgehead atoms. The Morgan fingerprint density at radius 1 is 1.37 bits per heavy atom. The zero-order chi connectivity index (χ0) is 13.6. The number of anilines is 1. The van der Waals surface area contributed by atoms with Gasteiger partial charge >= 0.3 is 0 Å². The molecule has 1 saturated heterocycles. The summed E-state index contributed by atoms with van der Waals surface area (Å²) >= 11 is 0. The van der Waals surface area contributed by atoms with Crippen LogP contribution in [0.1, 0.15) is 18.9 Å². The predicted molar refractivity (Wildman–Crippen MR) is 71.3 cm³/mol. The highest BCUT2D eigenvalue weighted by Gasteiger charge is 2.31. The van der Waals surface area contributed by atoms with E-state index in [0.29, 0.717) is 19.0 Å². The van der Waals surface area contributed by atoms with E-state index >= 15 is 0 Å².